The van der Waals surface area contributed by atoms with Gasteiger partial charge in [0.1, 0.15) is 11.5 Å². The van der Waals surface area contributed by atoms with Gasteiger partial charge < -0.3 is 10.2 Å². The van der Waals surface area contributed by atoms with Crippen LogP contribution in [0.5, 0.6) is 0 Å². The van der Waals surface area contributed by atoms with E-state index in [2.05, 4.69) is 5.10 Å². The van der Waals surface area contributed by atoms with E-state index in [0.29, 0.717) is 5.82 Å². The predicted molar refractivity (Wildman–Crippen MR) is 54.8 cm³/mol. The lowest BCUT2D eigenvalue weighted by Gasteiger charge is -1.94. The van der Waals surface area contributed by atoms with Gasteiger partial charge >= 0.3 is 0 Å². The summed E-state index contributed by atoms with van der Waals surface area (Å²) in [4.78, 5) is 0. The smallest absolute Gasteiger partial charge is 0.157 e. The highest BCUT2D eigenvalue weighted by Crippen LogP contribution is 2.28. The molecule has 0 aromatic carbocycles. The van der Waals surface area contributed by atoms with Crippen molar-refractivity contribution in [3.05, 3.63) is 23.5 Å². The zero-order chi connectivity index (χ0) is 10.3. The Morgan fingerprint density at radius 2 is 2.14 bits per heavy atom. The van der Waals surface area contributed by atoms with Crippen LogP contribution in [0.3, 0.4) is 0 Å². The molecule has 0 aliphatic carbocycles. The van der Waals surface area contributed by atoms with Gasteiger partial charge in [0.25, 0.3) is 0 Å². The highest BCUT2D eigenvalue weighted by molar-refractivity contribution is 5.65. The highest BCUT2D eigenvalue weighted by atomic mass is 16.3. The number of nitrogen functional groups attached to an aromatic ring is 1. The van der Waals surface area contributed by atoms with Crippen LogP contribution < -0.4 is 5.73 Å². The Morgan fingerprint density at radius 3 is 2.57 bits per heavy atom. The molecule has 2 heterocycles. The molecule has 0 unspecified atom stereocenters. The monoisotopic (exact) mass is 191 g/mol. The van der Waals surface area contributed by atoms with Crippen LogP contribution in [0.1, 0.15) is 11.1 Å². The van der Waals surface area contributed by atoms with Crippen molar-refractivity contribution in [3.8, 4) is 11.5 Å². The third-order valence-electron chi connectivity index (χ3n) is 2.42. The average Bonchev–Trinajstić information content (AvgIpc) is 2.66. The number of aryl methyl sites for hydroxylation is 2. The number of rotatable bonds is 1. The molecule has 0 saturated heterocycles. The van der Waals surface area contributed by atoms with Crippen LogP contribution in [-0.4, -0.2) is 9.78 Å². The summed E-state index contributed by atoms with van der Waals surface area (Å²) in [6.07, 6.45) is 1.66. The fourth-order valence-corrected chi connectivity index (χ4v) is 1.47. The molecule has 0 aliphatic heterocycles. The van der Waals surface area contributed by atoms with Crippen molar-refractivity contribution >= 4 is 5.82 Å². The van der Waals surface area contributed by atoms with Crippen molar-refractivity contribution in [2.45, 2.75) is 13.8 Å². The molecular weight excluding hydrogens is 178 g/mol. The van der Waals surface area contributed by atoms with E-state index < -0.39 is 0 Å². The second-order valence-electron chi connectivity index (χ2n) is 3.42. The fourth-order valence-electron chi connectivity index (χ4n) is 1.47. The Bertz CT molecular complexity index is 468. The van der Waals surface area contributed by atoms with Gasteiger partial charge in [0, 0.05) is 12.6 Å². The maximum absolute atomic E-state index is 5.82. The van der Waals surface area contributed by atoms with Gasteiger partial charge in [0.15, 0.2) is 5.76 Å². The minimum atomic E-state index is 0.677. The van der Waals surface area contributed by atoms with E-state index in [0.717, 1.165) is 22.6 Å². The Balaban J connectivity index is 2.63. The number of nitrogens with two attached hydrogens (primary N) is 1. The van der Waals surface area contributed by atoms with E-state index in [1.165, 1.54) is 0 Å². The van der Waals surface area contributed by atoms with Crippen molar-refractivity contribution in [1.29, 1.82) is 0 Å². The summed E-state index contributed by atoms with van der Waals surface area (Å²) in [5, 5.41) is 4.31. The maximum atomic E-state index is 5.82. The lowest BCUT2D eigenvalue weighted by atomic mass is 10.1. The molecule has 0 fully saturated rings. The zero-order valence-electron chi connectivity index (χ0n) is 8.53. The molecule has 14 heavy (non-hydrogen) atoms. The van der Waals surface area contributed by atoms with E-state index in [4.69, 9.17) is 10.2 Å². The molecule has 0 bridgehead atoms. The van der Waals surface area contributed by atoms with Crippen molar-refractivity contribution < 1.29 is 4.42 Å². The summed E-state index contributed by atoms with van der Waals surface area (Å²) in [5.74, 6) is 1.48. The molecule has 0 radical (unpaired) electrons. The van der Waals surface area contributed by atoms with Crippen molar-refractivity contribution in [3.63, 3.8) is 0 Å². The Morgan fingerprint density at radius 1 is 1.43 bits per heavy atom. The largest absolute Gasteiger partial charge is 0.462 e. The molecule has 0 aliphatic rings. The van der Waals surface area contributed by atoms with Crippen LogP contribution in [-0.2, 0) is 7.05 Å². The van der Waals surface area contributed by atoms with Crippen LogP contribution in [0.4, 0.5) is 5.82 Å². The molecule has 0 saturated carbocycles. The first kappa shape index (κ1) is 8.87. The number of nitrogens with zero attached hydrogens (tertiary/aromatic N) is 2. The van der Waals surface area contributed by atoms with E-state index in [1.54, 1.807) is 10.9 Å². The second kappa shape index (κ2) is 2.90. The molecule has 0 spiro atoms. The third-order valence-corrected chi connectivity index (χ3v) is 2.42. The molecular formula is C10H13N3O. The minimum Gasteiger partial charge on any atom is -0.462 e. The van der Waals surface area contributed by atoms with E-state index >= 15 is 0 Å². The van der Waals surface area contributed by atoms with Crippen LogP contribution in [0, 0.1) is 13.8 Å². The lowest BCUT2D eigenvalue weighted by Crippen LogP contribution is -1.97. The highest BCUT2D eigenvalue weighted by Gasteiger charge is 2.15. The molecule has 0 atom stereocenters. The quantitative estimate of drug-likeness (QED) is 0.748. The summed E-state index contributed by atoms with van der Waals surface area (Å²) in [7, 11) is 1.82. The Hall–Kier alpha value is -1.71. The van der Waals surface area contributed by atoms with Crippen molar-refractivity contribution in [2.24, 2.45) is 7.05 Å². The lowest BCUT2D eigenvalue weighted by molar-refractivity contribution is 0.576. The molecule has 2 aromatic heterocycles. The second-order valence-corrected chi connectivity index (χ2v) is 3.42. The first-order chi connectivity index (χ1) is 6.61. The molecule has 4 heteroatoms. The number of hydrogen-bond donors (Lipinski definition) is 1. The number of anilines is 1. The maximum Gasteiger partial charge on any atom is 0.157 e. The first-order valence-electron chi connectivity index (χ1n) is 4.44. The van der Waals surface area contributed by atoms with Crippen LogP contribution in [0.2, 0.25) is 0 Å². The predicted octanol–water partition coefficient (Wildman–Crippen LogP) is 1.88. The molecule has 2 N–H and O–H groups in total. The van der Waals surface area contributed by atoms with Crippen LogP contribution in [0.25, 0.3) is 11.5 Å². The first-order valence-corrected chi connectivity index (χ1v) is 4.44. The van der Waals surface area contributed by atoms with Gasteiger partial charge in [-0.3, -0.25) is 4.68 Å². The third kappa shape index (κ3) is 1.11. The number of hydrogen-bond acceptors (Lipinski definition) is 3. The van der Waals surface area contributed by atoms with Gasteiger partial charge in [-0.1, -0.05) is 0 Å². The Labute approximate surface area is 82.3 Å². The topological polar surface area (TPSA) is 57.0 Å². The number of aromatic nitrogens is 2. The summed E-state index contributed by atoms with van der Waals surface area (Å²) < 4.78 is 7.03. The van der Waals surface area contributed by atoms with Gasteiger partial charge in [-0.15, -0.1) is 0 Å². The van der Waals surface area contributed by atoms with Gasteiger partial charge in [-0.05, 0) is 25.5 Å². The summed E-state index contributed by atoms with van der Waals surface area (Å²) >= 11 is 0. The summed E-state index contributed by atoms with van der Waals surface area (Å²) in [5.41, 5.74) is 8.68. The SMILES string of the molecule is Cc1ccoc1-c1nn(C)c(N)c1C. The van der Waals surface area contributed by atoms with Gasteiger partial charge in [-0.25, -0.2) is 0 Å². The molecule has 2 rings (SSSR count). The normalized spacial score (nSPS) is 10.8. The van der Waals surface area contributed by atoms with Crippen LogP contribution >= 0.6 is 0 Å². The molecule has 0 amide bonds. The van der Waals surface area contributed by atoms with Gasteiger partial charge in [-0.2, -0.15) is 5.10 Å². The standard InChI is InChI=1S/C10H13N3O/c1-6-4-5-14-9(6)8-7(2)10(11)13(3)12-8/h4-5H,11H2,1-3H3. The average molecular weight is 191 g/mol. The summed E-state index contributed by atoms with van der Waals surface area (Å²) in [6, 6.07) is 1.92. The van der Waals surface area contributed by atoms with E-state index in [-0.39, 0.29) is 0 Å². The zero-order valence-corrected chi connectivity index (χ0v) is 8.53. The van der Waals surface area contributed by atoms with Crippen molar-refractivity contribution in [2.75, 3.05) is 5.73 Å². The molecule has 74 valence electrons. The van der Waals surface area contributed by atoms with E-state index in [9.17, 15) is 0 Å². The van der Waals surface area contributed by atoms with E-state index in [1.807, 2.05) is 27.0 Å². The Kier molecular flexibility index (Phi) is 1.84. The fraction of sp³-hybridized carbons (Fsp3) is 0.300. The van der Waals surface area contributed by atoms with Crippen LogP contribution in [0.15, 0.2) is 16.7 Å². The number of furan rings is 1. The molecule has 4 nitrogen and oxygen atoms in total. The van der Waals surface area contributed by atoms with Gasteiger partial charge in [0.2, 0.25) is 0 Å². The minimum absolute atomic E-state index is 0.677. The van der Waals surface area contributed by atoms with Crippen molar-refractivity contribution in [1.82, 2.24) is 9.78 Å². The van der Waals surface area contributed by atoms with Gasteiger partial charge in [0.05, 0.1) is 6.26 Å². The molecule has 2 aromatic rings. The summed E-state index contributed by atoms with van der Waals surface area (Å²) in [6.45, 7) is 3.93.